The van der Waals surface area contributed by atoms with Crippen molar-refractivity contribution >= 4 is 29.2 Å². The highest BCUT2D eigenvalue weighted by Gasteiger charge is 2.34. The molecule has 1 amide bonds. The third kappa shape index (κ3) is 3.34. The van der Waals surface area contributed by atoms with Crippen LogP contribution in [-0.4, -0.2) is 48.7 Å². The first kappa shape index (κ1) is 15.3. The molecule has 6 nitrogen and oxygen atoms in total. The molecule has 0 bridgehead atoms. The summed E-state index contributed by atoms with van der Waals surface area (Å²) in [6.07, 6.45) is 0. The number of hydrogen-bond acceptors (Lipinski definition) is 5. The predicted octanol–water partition coefficient (Wildman–Crippen LogP) is 1.01. The minimum Gasteiger partial charge on any atom is -0.466 e. The first-order chi connectivity index (χ1) is 10.1. The van der Waals surface area contributed by atoms with Crippen molar-refractivity contribution in [2.24, 2.45) is 0 Å². The van der Waals surface area contributed by atoms with Gasteiger partial charge in [0.2, 0.25) is 0 Å². The Bertz CT molecular complexity index is 600. The van der Waals surface area contributed by atoms with Gasteiger partial charge in [0.1, 0.15) is 5.70 Å². The first-order valence-electron chi connectivity index (χ1n) is 6.31. The van der Waals surface area contributed by atoms with Crippen LogP contribution in [0.2, 0.25) is 5.02 Å². The minimum atomic E-state index is -0.576. The molecule has 0 aliphatic carbocycles. The number of rotatable bonds is 5. The fraction of sp³-hybridized carbons (Fsp3) is 0.286. The molecule has 2 N–H and O–H groups in total. The third-order valence-electron chi connectivity index (χ3n) is 3.05. The van der Waals surface area contributed by atoms with Gasteiger partial charge >= 0.3 is 5.97 Å². The van der Waals surface area contributed by atoms with Crippen molar-refractivity contribution in [1.82, 2.24) is 4.90 Å². The quantitative estimate of drug-likeness (QED) is 0.794. The molecule has 0 saturated carbocycles. The number of nitrogens with one attached hydrogen (secondary N) is 1. The molecule has 0 atom stereocenters. The largest absolute Gasteiger partial charge is 0.466 e. The van der Waals surface area contributed by atoms with Gasteiger partial charge in [-0.15, -0.1) is 0 Å². The van der Waals surface area contributed by atoms with Crippen LogP contribution in [0.3, 0.4) is 0 Å². The summed E-state index contributed by atoms with van der Waals surface area (Å²) in [5, 5.41) is 12.4. The first-order valence-corrected chi connectivity index (χ1v) is 6.68. The number of anilines is 1. The number of β-amino-alcohol motifs (C(OH)–C–C–N with tert-alkyl or cyclic N) is 1. The number of methoxy groups -OCH3 is 1. The van der Waals surface area contributed by atoms with Crippen molar-refractivity contribution in [3.8, 4) is 0 Å². The summed E-state index contributed by atoms with van der Waals surface area (Å²) in [5.74, 6) is -0.933. The van der Waals surface area contributed by atoms with Gasteiger partial charge in [-0.25, -0.2) is 4.79 Å². The van der Waals surface area contributed by atoms with E-state index >= 15 is 0 Å². The van der Waals surface area contributed by atoms with Crippen LogP contribution in [0, 0.1) is 0 Å². The standard InChI is InChI=1S/C14H15ClN2O4/c1-21-14(20)11-8-17(5-6-18)13(19)12(11)16-10-4-2-3-9(15)7-10/h2-4,7,16,18H,5-6,8H2,1H3. The summed E-state index contributed by atoms with van der Waals surface area (Å²) in [5.41, 5.74) is 0.978. The van der Waals surface area contributed by atoms with E-state index in [0.717, 1.165) is 0 Å². The fourth-order valence-corrected chi connectivity index (χ4v) is 2.25. The van der Waals surface area contributed by atoms with Crippen LogP contribution >= 0.6 is 11.6 Å². The van der Waals surface area contributed by atoms with Crippen LogP contribution in [0.4, 0.5) is 5.69 Å². The number of benzene rings is 1. The van der Waals surface area contributed by atoms with E-state index in [1.807, 2.05) is 0 Å². The summed E-state index contributed by atoms with van der Waals surface area (Å²) < 4.78 is 4.70. The molecule has 1 heterocycles. The smallest absolute Gasteiger partial charge is 0.337 e. The molecule has 0 spiro atoms. The Hall–Kier alpha value is -2.05. The predicted molar refractivity (Wildman–Crippen MR) is 77.8 cm³/mol. The molecule has 0 aromatic heterocycles. The van der Waals surface area contributed by atoms with Gasteiger partial charge in [-0.3, -0.25) is 4.79 Å². The van der Waals surface area contributed by atoms with Crippen molar-refractivity contribution in [3.63, 3.8) is 0 Å². The lowest BCUT2D eigenvalue weighted by Crippen LogP contribution is -2.31. The summed E-state index contributed by atoms with van der Waals surface area (Å²) in [6.45, 7) is 0.0830. The Morgan fingerprint density at radius 2 is 2.29 bits per heavy atom. The molecule has 7 heteroatoms. The molecule has 112 valence electrons. The molecule has 1 aromatic rings. The highest BCUT2D eigenvalue weighted by Crippen LogP contribution is 2.24. The zero-order valence-electron chi connectivity index (χ0n) is 11.4. The molecule has 0 unspecified atom stereocenters. The Morgan fingerprint density at radius 1 is 1.52 bits per heavy atom. The van der Waals surface area contributed by atoms with Gasteiger partial charge < -0.3 is 20.1 Å². The van der Waals surface area contributed by atoms with Gasteiger partial charge in [-0.2, -0.15) is 0 Å². The number of esters is 1. The van der Waals surface area contributed by atoms with Crippen molar-refractivity contribution < 1.29 is 19.4 Å². The SMILES string of the molecule is COC(=O)C1=C(Nc2cccc(Cl)c2)C(=O)N(CCO)C1. The van der Waals surface area contributed by atoms with E-state index in [9.17, 15) is 9.59 Å². The van der Waals surface area contributed by atoms with E-state index in [4.69, 9.17) is 21.4 Å². The molecule has 0 saturated heterocycles. The van der Waals surface area contributed by atoms with Gasteiger partial charge in [0.25, 0.3) is 5.91 Å². The number of aliphatic hydroxyl groups is 1. The van der Waals surface area contributed by atoms with Crippen molar-refractivity contribution in [2.45, 2.75) is 0 Å². The van der Waals surface area contributed by atoms with Gasteiger partial charge in [0.05, 0.1) is 25.8 Å². The number of halogens is 1. The number of ether oxygens (including phenoxy) is 1. The van der Waals surface area contributed by atoms with E-state index < -0.39 is 5.97 Å². The highest BCUT2D eigenvalue weighted by molar-refractivity contribution is 6.30. The van der Waals surface area contributed by atoms with Crippen LogP contribution in [0.15, 0.2) is 35.5 Å². The van der Waals surface area contributed by atoms with Gasteiger partial charge in [-0.05, 0) is 18.2 Å². The lowest BCUT2D eigenvalue weighted by atomic mass is 10.2. The van der Waals surface area contributed by atoms with Gasteiger partial charge in [-0.1, -0.05) is 17.7 Å². The Morgan fingerprint density at radius 3 is 2.90 bits per heavy atom. The van der Waals surface area contributed by atoms with Gasteiger partial charge in [0, 0.05) is 17.3 Å². The maximum absolute atomic E-state index is 12.3. The van der Waals surface area contributed by atoms with Crippen LogP contribution in [-0.2, 0) is 14.3 Å². The number of hydrogen-bond donors (Lipinski definition) is 2. The molecule has 2 rings (SSSR count). The topological polar surface area (TPSA) is 78.9 Å². The average molecular weight is 311 g/mol. The summed E-state index contributed by atoms with van der Waals surface area (Å²) in [7, 11) is 1.26. The second-order valence-corrected chi connectivity index (χ2v) is 4.87. The summed E-state index contributed by atoms with van der Waals surface area (Å²) in [4.78, 5) is 25.4. The number of carbonyl (C=O) groups excluding carboxylic acids is 2. The third-order valence-corrected chi connectivity index (χ3v) is 3.28. The monoisotopic (exact) mass is 310 g/mol. The molecule has 1 aromatic carbocycles. The van der Waals surface area contributed by atoms with Crippen LogP contribution in [0.25, 0.3) is 0 Å². The molecule has 0 radical (unpaired) electrons. The van der Waals surface area contributed by atoms with Crippen molar-refractivity contribution in [1.29, 1.82) is 0 Å². The Balaban J connectivity index is 2.30. The van der Waals surface area contributed by atoms with Crippen LogP contribution in [0.1, 0.15) is 0 Å². The lowest BCUT2D eigenvalue weighted by molar-refractivity contribution is -0.136. The zero-order valence-corrected chi connectivity index (χ0v) is 12.2. The van der Waals surface area contributed by atoms with Crippen molar-refractivity contribution in [2.75, 3.05) is 32.1 Å². The Labute approximate surface area is 126 Å². The lowest BCUT2D eigenvalue weighted by Gasteiger charge is -2.15. The summed E-state index contributed by atoms with van der Waals surface area (Å²) in [6, 6.07) is 6.81. The van der Waals surface area contributed by atoms with Crippen molar-refractivity contribution in [3.05, 3.63) is 40.6 Å². The van der Waals surface area contributed by atoms with Crippen LogP contribution in [0.5, 0.6) is 0 Å². The number of aliphatic hydroxyl groups excluding tert-OH is 1. The molecular formula is C14H15ClN2O4. The zero-order chi connectivity index (χ0) is 15.4. The normalized spacial score (nSPS) is 14.6. The van der Waals surface area contributed by atoms with Gasteiger partial charge in [0.15, 0.2) is 0 Å². The Kier molecular flexibility index (Phi) is 4.82. The van der Waals surface area contributed by atoms with E-state index in [-0.39, 0.29) is 36.9 Å². The summed E-state index contributed by atoms with van der Waals surface area (Å²) >= 11 is 5.90. The maximum Gasteiger partial charge on any atom is 0.337 e. The second-order valence-electron chi connectivity index (χ2n) is 4.43. The van der Waals surface area contributed by atoms with E-state index in [0.29, 0.717) is 10.7 Å². The molecule has 1 aliphatic rings. The molecule has 1 aliphatic heterocycles. The number of amides is 1. The number of carbonyl (C=O) groups is 2. The average Bonchev–Trinajstić information content (AvgIpc) is 2.76. The van der Waals surface area contributed by atoms with E-state index in [2.05, 4.69) is 5.32 Å². The van der Waals surface area contributed by atoms with E-state index in [1.165, 1.54) is 12.0 Å². The molecular weight excluding hydrogens is 296 g/mol. The molecule has 0 fully saturated rings. The molecule has 21 heavy (non-hydrogen) atoms. The highest BCUT2D eigenvalue weighted by atomic mass is 35.5. The minimum absolute atomic E-state index is 0.106. The second kappa shape index (κ2) is 6.60. The van der Waals surface area contributed by atoms with Crippen LogP contribution < -0.4 is 5.32 Å². The number of nitrogens with zero attached hydrogens (tertiary/aromatic N) is 1. The fourth-order valence-electron chi connectivity index (χ4n) is 2.06. The van der Waals surface area contributed by atoms with E-state index in [1.54, 1.807) is 24.3 Å². The maximum atomic E-state index is 12.3.